The highest BCUT2D eigenvalue weighted by Gasteiger charge is 2.25. The van der Waals surface area contributed by atoms with Gasteiger partial charge in [0.2, 0.25) is 10.9 Å². The first-order valence-corrected chi connectivity index (χ1v) is 13.4. The van der Waals surface area contributed by atoms with Crippen LogP contribution in [-0.4, -0.2) is 38.4 Å². The summed E-state index contributed by atoms with van der Waals surface area (Å²) < 4.78 is 36.3. The molecule has 210 valence electrons. The van der Waals surface area contributed by atoms with Gasteiger partial charge in [-0.2, -0.15) is 10.1 Å². The molecule has 0 unspecified atom stereocenters. The molecule has 0 radical (unpaired) electrons. The number of anilines is 1. The van der Waals surface area contributed by atoms with Gasteiger partial charge >= 0.3 is 5.63 Å². The molecule has 0 bridgehead atoms. The molecule has 0 fully saturated rings. The fourth-order valence-electron chi connectivity index (χ4n) is 4.60. The number of aromatic nitrogens is 1. The van der Waals surface area contributed by atoms with Gasteiger partial charge in [0.05, 0.1) is 37.8 Å². The molecule has 1 amide bonds. The molecular weight excluding hydrogens is 561 g/mol. The molecule has 6 aromatic rings. The number of thiazole rings is 1. The predicted octanol–water partition coefficient (Wildman–Crippen LogP) is 6.40. The van der Waals surface area contributed by atoms with Crippen LogP contribution in [0.1, 0.15) is 15.9 Å². The van der Waals surface area contributed by atoms with Crippen LogP contribution in [-0.2, 0) is 0 Å². The van der Waals surface area contributed by atoms with Gasteiger partial charge < -0.3 is 18.6 Å². The van der Waals surface area contributed by atoms with E-state index in [0.29, 0.717) is 44.0 Å². The lowest BCUT2D eigenvalue weighted by atomic mass is 10.0. The number of fused-ring (bicyclic) bond motifs is 4. The molecule has 0 saturated carbocycles. The summed E-state index contributed by atoms with van der Waals surface area (Å²) in [6.45, 7) is 0. The van der Waals surface area contributed by atoms with Crippen molar-refractivity contribution in [2.75, 3.05) is 26.3 Å². The highest BCUT2D eigenvalue weighted by Crippen LogP contribution is 2.38. The van der Waals surface area contributed by atoms with Crippen LogP contribution in [0.3, 0.4) is 0 Å². The first-order chi connectivity index (χ1) is 20.4. The number of ether oxygens (including phenoxy) is 3. The predicted molar refractivity (Wildman–Crippen MR) is 160 cm³/mol. The van der Waals surface area contributed by atoms with Crippen LogP contribution in [0.25, 0.3) is 32.0 Å². The minimum Gasteiger partial charge on any atom is -0.493 e. The molecule has 0 N–H and O–H groups in total. The lowest BCUT2D eigenvalue weighted by Gasteiger charge is -2.15. The zero-order valence-corrected chi connectivity index (χ0v) is 23.4. The van der Waals surface area contributed by atoms with Crippen molar-refractivity contribution in [3.63, 3.8) is 0 Å². The van der Waals surface area contributed by atoms with E-state index >= 15 is 0 Å². The molecule has 0 saturated heterocycles. The average molecular weight is 584 g/mol. The van der Waals surface area contributed by atoms with Gasteiger partial charge in [0, 0.05) is 10.9 Å². The van der Waals surface area contributed by atoms with Crippen LogP contribution in [0.15, 0.2) is 87.1 Å². The molecule has 42 heavy (non-hydrogen) atoms. The van der Waals surface area contributed by atoms with E-state index < -0.39 is 17.3 Å². The Labute approximate surface area is 242 Å². The molecule has 2 aromatic heterocycles. The molecule has 0 spiro atoms. The Morgan fingerprint density at radius 2 is 1.71 bits per heavy atom. The van der Waals surface area contributed by atoms with E-state index in [2.05, 4.69) is 10.1 Å². The molecule has 2 heterocycles. The quantitative estimate of drug-likeness (QED) is 0.0927. The second kappa shape index (κ2) is 10.9. The first kappa shape index (κ1) is 26.9. The van der Waals surface area contributed by atoms with Crippen LogP contribution in [0.2, 0.25) is 0 Å². The Balaban J connectivity index is 1.50. The molecule has 11 heteroatoms. The number of carbonyl (C=O) groups is 1. The highest BCUT2D eigenvalue weighted by atomic mass is 32.1. The van der Waals surface area contributed by atoms with Gasteiger partial charge in [-0.15, -0.1) is 0 Å². The van der Waals surface area contributed by atoms with E-state index in [-0.39, 0.29) is 10.7 Å². The van der Waals surface area contributed by atoms with Gasteiger partial charge in [-0.3, -0.25) is 4.79 Å². The van der Waals surface area contributed by atoms with Gasteiger partial charge in [-0.25, -0.2) is 14.2 Å². The Morgan fingerprint density at radius 1 is 0.952 bits per heavy atom. The zero-order valence-electron chi connectivity index (χ0n) is 22.6. The van der Waals surface area contributed by atoms with Crippen molar-refractivity contribution in [1.29, 1.82) is 0 Å². The highest BCUT2D eigenvalue weighted by molar-refractivity contribution is 7.22. The number of nitrogens with zero attached hydrogens (tertiary/aromatic N) is 3. The van der Waals surface area contributed by atoms with E-state index in [1.165, 1.54) is 51.8 Å². The summed E-state index contributed by atoms with van der Waals surface area (Å²) in [7, 11) is 4.46. The third kappa shape index (κ3) is 4.79. The van der Waals surface area contributed by atoms with E-state index in [1.807, 2.05) is 30.3 Å². The van der Waals surface area contributed by atoms with E-state index in [9.17, 15) is 14.0 Å². The van der Waals surface area contributed by atoms with E-state index in [1.54, 1.807) is 18.2 Å². The number of hydrogen-bond acceptors (Lipinski definition) is 9. The molecule has 0 atom stereocenters. The van der Waals surface area contributed by atoms with Crippen molar-refractivity contribution >= 4 is 60.5 Å². The summed E-state index contributed by atoms with van der Waals surface area (Å²) in [5.41, 5.74) is 0.243. The first-order valence-electron chi connectivity index (χ1n) is 12.6. The van der Waals surface area contributed by atoms with Crippen LogP contribution in [0, 0.1) is 5.82 Å². The lowest BCUT2D eigenvalue weighted by Crippen LogP contribution is -2.30. The maximum atomic E-state index is 14.0. The third-order valence-electron chi connectivity index (χ3n) is 6.59. The number of methoxy groups -OCH3 is 3. The van der Waals surface area contributed by atoms with E-state index in [4.69, 9.17) is 18.6 Å². The smallest absolute Gasteiger partial charge is 0.349 e. The number of carbonyl (C=O) groups excluding carboxylic acids is 1. The Hall–Kier alpha value is -5.29. The van der Waals surface area contributed by atoms with Crippen molar-refractivity contribution in [3.8, 4) is 17.2 Å². The van der Waals surface area contributed by atoms with Crippen molar-refractivity contribution in [1.82, 2.24) is 4.98 Å². The Bertz CT molecular complexity index is 2060. The average Bonchev–Trinajstić information content (AvgIpc) is 3.42. The normalized spacial score (nSPS) is 11.4. The number of benzene rings is 4. The van der Waals surface area contributed by atoms with Crippen LogP contribution >= 0.6 is 11.3 Å². The maximum absolute atomic E-state index is 14.0. The number of rotatable bonds is 7. The topological polar surface area (TPSA) is 103 Å². The largest absolute Gasteiger partial charge is 0.493 e. The minimum absolute atomic E-state index is 0.127. The minimum atomic E-state index is -0.831. The SMILES string of the molecule is COc1cc(/C=N/N(C(=O)c2cc3c(ccc4ccccc43)oc2=O)c2nc3ccc(F)cc3s2)cc(OC)c1OC. The van der Waals surface area contributed by atoms with Gasteiger partial charge in [0.1, 0.15) is 17.0 Å². The number of halogens is 1. The van der Waals surface area contributed by atoms with Crippen molar-refractivity contribution in [3.05, 3.63) is 100 Å². The molecule has 0 aliphatic carbocycles. The van der Waals surface area contributed by atoms with Crippen molar-refractivity contribution < 1.29 is 27.8 Å². The lowest BCUT2D eigenvalue weighted by molar-refractivity contribution is 0.0984. The van der Waals surface area contributed by atoms with Crippen molar-refractivity contribution in [2.45, 2.75) is 0 Å². The van der Waals surface area contributed by atoms with Crippen LogP contribution < -0.4 is 24.8 Å². The number of hydrazone groups is 1. The molecular formula is C31H22FN3O6S. The number of hydrogen-bond donors (Lipinski definition) is 0. The summed E-state index contributed by atoms with van der Waals surface area (Å²) in [6, 6.07) is 20.0. The Morgan fingerprint density at radius 3 is 2.45 bits per heavy atom. The summed E-state index contributed by atoms with van der Waals surface area (Å²) in [6.07, 6.45) is 1.40. The molecule has 4 aromatic carbocycles. The second-order valence-corrected chi connectivity index (χ2v) is 10.1. The summed E-state index contributed by atoms with van der Waals surface area (Å²) in [5, 5.41) is 7.88. The standard InChI is InChI=1S/C31H22FN3O6S/c1-38-25-12-17(13-26(39-2)28(25)40-3)16-33-35(31-34-23-10-9-19(32)14-27(23)42-31)29(36)22-15-21-20-7-5-4-6-18(20)8-11-24(21)41-30(22)37/h4-16H,1-3H3/b33-16+. The molecule has 6 rings (SSSR count). The molecule has 0 aliphatic rings. The monoisotopic (exact) mass is 583 g/mol. The fraction of sp³-hybridized carbons (Fsp3) is 0.0968. The summed E-state index contributed by atoms with van der Waals surface area (Å²) >= 11 is 1.05. The summed E-state index contributed by atoms with van der Waals surface area (Å²) in [4.78, 5) is 31.6. The second-order valence-electron chi connectivity index (χ2n) is 9.07. The maximum Gasteiger partial charge on any atom is 0.349 e. The summed E-state index contributed by atoms with van der Waals surface area (Å²) in [5.74, 6) is -0.0676. The van der Waals surface area contributed by atoms with Crippen molar-refractivity contribution in [2.24, 2.45) is 5.10 Å². The molecule has 9 nitrogen and oxygen atoms in total. The fourth-order valence-corrected chi connectivity index (χ4v) is 5.55. The van der Waals surface area contributed by atoms with Gasteiger partial charge in [0.25, 0.3) is 5.91 Å². The third-order valence-corrected chi connectivity index (χ3v) is 7.59. The van der Waals surface area contributed by atoms with Gasteiger partial charge in [0.15, 0.2) is 11.5 Å². The Kier molecular flexibility index (Phi) is 7.01. The van der Waals surface area contributed by atoms with Gasteiger partial charge in [-0.1, -0.05) is 41.7 Å². The van der Waals surface area contributed by atoms with Crippen LogP contribution in [0.4, 0.5) is 9.52 Å². The van der Waals surface area contributed by atoms with Gasteiger partial charge in [-0.05, 0) is 53.2 Å². The van der Waals surface area contributed by atoms with Crippen LogP contribution in [0.5, 0.6) is 17.2 Å². The van der Waals surface area contributed by atoms with E-state index in [0.717, 1.165) is 27.1 Å². The number of amides is 1. The zero-order chi connectivity index (χ0) is 29.4. The molecule has 0 aliphatic heterocycles.